The molecule has 0 fully saturated rings. The second kappa shape index (κ2) is 5.19. The number of alkyl halides is 1. The van der Waals surface area contributed by atoms with Crippen molar-refractivity contribution in [2.45, 2.75) is 12.2 Å². The molecule has 0 bridgehead atoms. The highest BCUT2D eigenvalue weighted by Crippen LogP contribution is 2.29. The maximum absolute atomic E-state index is 9.96. The van der Waals surface area contributed by atoms with Crippen LogP contribution in [-0.2, 0) is 0 Å². The van der Waals surface area contributed by atoms with Gasteiger partial charge in [-0.1, -0.05) is 35.9 Å². The molecule has 90 valence electrons. The highest BCUT2D eigenvalue weighted by Gasteiger charge is 2.20. The van der Waals surface area contributed by atoms with Crippen molar-refractivity contribution in [1.82, 2.24) is 4.98 Å². The van der Waals surface area contributed by atoms with Crippen molar-refractivity contribution in [3.8, 4) is 0 Å². The Bertz CT molecular complexity index is 533. The molecule has 0 radical (unpaired) electrons. The van der Waals surface area contributed by atoms with E-state index in [9.17, 15) is 10.2 Å². The summed E-state index contributed by atoms with van der Waals surface area (Å²) in [6.45, 7) is 0. The summed E-state index contributed by atoms with van der Waals surface area (Å²) in [5, 5.41) is 21.4. The van der Waals surface area contributed by atoms with Gasteiger partial charge in [0.2, 0.25) is 0 Å². The molecule has 0 spiro atoms. The molecule has 1 aromatic heterocycles. The zero-order valence-electron chi connectivity index (χ0n) is 8.85. The first kappa shape index (κ1) is 12.6. The van der Waals surface area contributed by atoms with Crippen molar-refractivity contribution < 1.29 is 10.2 Å². The van der Waals surface area contributed by atoms with Gasteiger partial charge in [-0.25, -0.2) is 4.98 Å². The highest BCUT2D eigenvalue weighted by molar-refractivity contribution is 6.34. The lowest BCUT2D eigenvalue weighted by atomic mass is 10.0. The van der Waals surface area contributed by atoms with Crippen LogP contribution in [-0.4, -0.2) is 27.2 Å². The summed E-state index contributed by atoms with van der Waals surface area (Å²) < 4.78 is 0. The third-order valence-corrected chi connectivity index (χ3v) is 3.24. The second-order valence-corrected chi connectivity index (χ2v) is 4.38. The van der Waals surface area contributed by atoms with Crippen LogP contribution in [0.1, 0.15) is 11.7 Å². The number of fused-ring (bicyclic) bond motifs is 1. The molecule has 0 saturated carbocycles. The molecule has 0 aliphatic carbocycles. The van der Waals surface area contributed by atoms with Gasteiger partial charge < -0.3 is 10.2 Å². The lowest BCUT2D eigenvalue weighted by Gasteiger charge is -2.17. The van der Waals surface area contributed by atoms with E-state index in [1.165, 1.54) is 6.20 Å². The first-order valence-corrected chi connectivity index (χ1v) is 6.01. The average molecular weight is 272 g/mol. The molecule has 2 rings (SSSR count). The number of benzene rings is 1. The van der Waals surface area contributed by atoms with Gasteiger partial charge in [-0.15, -0.1) is 11.6 Å². The Morgan fingerprint density at radius 2 is 1.82 bits per heavy atom. The first-order chi connectivity index (χ1) is 8.15. The van der Waals surface area contributed by atoms with Gasteiger partial charge in [0, 0.05) is 17.1 Å². The summed E-state index contributed by atoms with van der Waals surface area (Å²) in [5.74, 6) is -0.0435. The Kier molecular flexibility index (Phi) is 3.84. The Morgan fingerprint density at radius 3 is 2.47 bits per heavy atom. The van der Waals surface area contributed by atoms with Gasteiger partial charge in [0.1, 0.15) is 11.3 Å². The van der Waals surface area contributed by atoms with E-state index in [0.29, 0.717) is 10.7 Å². The minimum Gasteiger partial charge on any atom is -0.389 e. The van der Waals surface area contributed by atoms with Gasteiger partial charge in [-0.3, -0.25) is 0 Å². The number of halogens is 2. The average Bonchev–Trinajstić information content (AvgIpc) is 2.38. The van der Waals surface area contributed by atoms with E-state index in [1.54, 1.807) is 0 Å². The molecule has 17 heavy (non-hydrogen) atoms. The van der Waals surface area contributed by atoms with Crippen molar-refractivity contribution in [3.05, 3.63) is 41.2 Å². The maximum Gasteiger partial charge on any atom is 0.136 e. The highest BCUT2D eigenvalue weighted by atomic mass is 35.5. The van der Waals surface area contributed by atoms with Crippen molar-refractivity contribution >= 4 is 34.0 Å². The Labute approximate surface area is 109 Å². The first-order valence-electron chi connectivity index (χ1n) is 5.10. The third kappa shape index (κ3) is 2.38. The van der Waals surface area contributed by atoms with E-state index in [-0.39, 0.29) is 5.88 Å². The molecule has 5 heteroatoms. The Morgan fingerprint density at radius 1 is 1.18 bits per heavy atom. The topological polar surface area (TPSA) is 53.4 Å². The number of rotatable bonds is 3. The predicted molar refractivity (Wildman–Crippen MR) is 68.4 cm³/mol. The van der Waals surface area contributed by atoms with Crippen LogP contribution in [0.3, 0.4) is 0 Å². The SMILES string of the molecule is OC(CCl)C(O)c1cnc(Cl)c2ccccc12. The Hall–Kier alpha value is -0.870. The van der Waals surface area contributed by atoms with Crippen LogP contribution in [0, 0.1) is 0 Å². The number of aliphatic hydroxyl groups excluding tert-OH is 2. The van der Waals surface area contributed by atoms with E-state index >= 15 is 0 Å². The fraction of sp³-hybridized carbons (Fsp3) is 0.250. The summed E-state index contributed by atoms with van der Waals surface area (Å²) in [6, 6.07) is 7.31. The van der Waals surface area contributed by atoms with E-state index in [1.807, 2.05) is 24.3 Å². The van der Waals surface area contributed by atoms with Gasteiger partial charge in [-0.2, -0.15) is 0 Å². The lowest BCUT2D eigenvalue weighted by molar-refractivity contribution is 0.0334. The van der Waals surface area contributed by atoms with Crippen LogP contribution in [0.25, 0.3) is 10.8 Å². The second-order valence-electron chi connectivity index (χ2n) is 3.72. The number of hydrogen-bond acceptors (Lipinski definition) is 3. The summed E-state index contributed by atoms with van der Waals surface area (Å²) >= 11 is 11.5. The number of aromatic nitrogens is 1. The van der Waals surface area contributed by atoms with Crippen molar-refractivity contribution in [3.63, 3.8) is 0 Å². The van der Waals surface area contributed by atoms with Crippen LogP contribution < -0.4 is 0 Å². The smallest absolute Gasteiger partial charge is 0.136 e. The number of aliphatic hydroxyl groups is 2. The molecule has 2 aromatic rings. The quantitative estimate of drug-likeness (QED) is 0.666. The summed E-state index contributed by atoms with van der Waals surface area (Å²) in [7, 11) is 0. The van der Waals surface area contributed by atoms with Gasteiger partial charge in [0.15, 0.2) is 0 Å². The molecule has 2 unspecified atom stereocenters. The van der Waals surface area contributed by atoms with Crippen LogP contribution in [0.15, 0.2) is 30.5 Å². The largest absolute Gasteiger partial charge is 0.389 e. The molecule has 2 atom stereocenters. The lowest BCUT2D eigenvalue weighted by Crippen LogP contribution is -2.20. The van der Waals surface area contributed by atoms with E-state index in [2.05, 4.69) is 4.98 Å². The summed E-state index contributed by atoms with van der Waals surface area (Å²) in [5.41, 5.74) is 0.526. The molecule has 2 N–H and O–H groups in total. The number of hydrogen-bond donors (Lipinski definition) is 2. The maximum atomic E-state index is 9.96. The molecule has 1 heterocycles. The van der Waals surface area contributed by atoms with Gasteiger partial charge in [-0.05, 0) is 5.39 Å². The summed E-state index contributed by atoms with van der Waals surface area (Å²) in [4.78, 5) is 4.00. The molecular weight excluding hydrogens is 261 g/mol. The van der Waals surface area contributed by atoms with E-state index in [4.69, 9.17) is 23.2 Å². The molecule has 0 amide bonds. The van der Waals surface area contributed by atoms with Gasteiger partial charge in [0.05, 0.1) is 12.0 Å². The monoisotopic (exact) mass is 271 g/mol. The van der Waals surface area contributed by atoms with Crippen LogP contribution in [0.2, 0.25) is 5.15 Å². The van der Waals surface area contributed by atoms with Crippen LogP contribution in [0.4, 0.5) is 0 Å². The molecular formula is C12H11Cl2NO2. The van der Waals surface area contributed by atoms with Crippen molar-refractivity contribution in [1.29, 1.82) is 0 Å². The van der Waals surface area contributed by atoms with Gasteiger partial charge in [0.25, 0.3) is 0 Å². The van der Waals surface area contributed by atoms with E-state index in [0.717, 1.165) is 10.8 Å². The summed E-state index contributed by atoms with van der Waals surface area (Å²) in [6.07, 6.45) is -0.629. The van der Waals surface area contributed by atoms with Gasteiger partial charge >= 0.3 is 0 Å². The van der Waals surface area contributed by atoms with Crippen LogP contribution >= 0.6 is 23.2 Å². The number of pyridine rings is 1. The molecule has 0 aliphatic rings. The fourth-order valence-electron chi connectivity index (χ4n) is 1.71. The third-order valence-electron chi connectivity index (χ3n) is 2.62. The normalized spacial score (nSPS) is 14.8. The zero-order valence-corrected chi connectivity index (χ0v) is 10.4. The molecule has 1 aromatic carbocycles. The molecule has 0 aliphatic heterocycles. The zero-order chi connectivity index (χ0) is 12.4. The Balaban J connectivity index is 2.59. The van der Waals surface area contributed by atoms with Crippen LogP contribution in [0.5, 0.6) is 0 Å². The van der Waals surface area contributed by atoms with Crippen molar-refractivity contribution in [2.24, 2.45) is 0 Å². The number of nitrogens with zero attached hydrogens (tertiary/aromatic N) is 1. The fourth-order valence-corrected chi connectivity index (χ4v) is 2.09. The standard InChI is InChI=1S/C12H11Cl2NO2/c13-5-10(16)11(17)9-6-15-12(14)8-4-2-1-3-7(8)9/h1-4,6,10-11,16-17H,5H2. The minimum atomic E-state index is -1.07. The minimum absolute atomic E-state index is 0.0435. The van der Waals surface area contributed by atoms with E-state index < -0.39 is 12.2 Å². The molecule has 0 saturated heterocycles. The van der Waals surface area contributed by atoms with Crippen molar-refractivity contribution in [2.75, 3.05) is 5.88 Å². The molecule has 3 nitrogen and oxygen atoms in total. The predicted octanol–water partition coefficient (Wildman–Crippen LogP) is 2.52.